The molecule has 0 saturated carbocycles. The van der Waals surface area contributed by atoms with Gasteiger partial charge in [0.15, 0.2) is 0 Å². The number of hydrogen-bond acceptors (Lipinski definition) is 4. The Kier molecular flexibility index (Phi) is 6.31. The van der Waals surface area contributed by atoms with Crippen LogP contribution in [0.2, 0.25) is 0 Å². The molecule has 2 unspecified atom stereocenters. The van der Waals surface area contributed by atoms with Gasteiger partial charge in [-0.2, -0.15) is 0 Å². The van der Waals surface area contributed by atoms with Gasteiger partial charge in [-0.25, -0.2) is 0 Å². The van der Waals surface area contributed by atoms with Crippen LogP contribution in [0.3, 0.4) is 0 Å². The Hall–Kier alpha value is -2.86. The topological polar surface area (TPSA) is 70.7 Å². The summed E-state index contributed by atoms with van der Waals surface area (Å²) in [6.45, 7) is 5.52. The number of nitrogens with zero attached hydrogens (tertiary/aromatic N) is 1. The highest BCUT2D eigenvalue weighted by atomic mass is 16.5. The molecule has 2 aromatic rings. The van der Waals surface area contributed by atoms with Crippen LogP contribution in [0.25, 0.3) is 0 Å². The Morgan fingerprint density at radius 1 is 1.00 bits per heavy atom. The number of anilines is 1. The number of likely N-dealkylation sites (tertiary alicyclic amines) is 1. The maximum absolute atomic E-state index is 11.7. The molecule has 1 saturated heterocycles. The number of benzene rings is 2. The predicted octanol–water partition coefficient (Wildman–Crippen LogP) is 2.76. The second-order valence-electron chi connectivity index (χ2n) is 7.26. The van der Waals surface area contributed by atoms with Gasteiger partial charge in [-0.05, 0) is 35.4 Å². The van der Waals surface area contributed by atoms with Crippen molar-refractivity contribution in [2.75, 3.05) is 25.5 Å². The fourth-order valence-electron chi connectivity index (χ4n) is 3.77. The Labute approximate surface area is 165 Å². The predicted molar refractivity (Wildman–Crippen MR) is 109 cm³/mol. The van der Waals surface area contributed by atoms with E-state index in [4.69, 9.17) is 4.74 Å². The van der Waals surface area contributed by atoms with Crippen LogP contribution in [-0.2, 0) is 16.1 Å². The van der Waals surface area contributed by atoms with Crippen molar-refractivity contribution in [3.8, 4) is 5.75 Å². The Morgan fingerprint density at radius 2 is 1.68 bits per heavy atom. The van der Waals surface area contributed by atoms with E-state index in [1.54, 1.807) is 14.0 Å². The Morgan fingerprint density at radius 3 is 2.25 bits per heavy atom. The van der Waals surface area contributed by atoms with Gasteiger partial charge in [0.2, 0.25) is 11.8 Å². The lowest BCUT2D eigenvalue weighted by atomic mass is 9.94. The van der Waals surface area contributed by atoms with Crippen molar-refractivity contribution in [2.45, 2.75) is 32.4 Å². The normalized spacial score (nSPS) is 19.2. The third-order valence-electron chi connectivity index (χ3n) is 5.01. The molecule has 6 nitrogen and oxygen atoms in total. The lowest BCUT2D eigenvalue weighted by Crippen LogP contribution is -2.38. The van der Waals surface area contributed by atoms with Gasteiger partial charge in [0.1, 0.15) is 5.75 Å². The molecule has 1 fully saturated rings. The standard InChI is InChI=1S/C22H27N3O3/c1-15(26)23-19-8-4-17(5-9-19)12-25-13-21(22(14-25)24-16(2)27)18-6-10-20(28-3)11-7-18/h4-11,21-22H,12-14H2,1-3H3,(H,23,26)(H,24,27). The lowest BCUT2D eigenvalue weighted by molar-refractivity contribution is -0.119. The highest BCUT2D eigenvalue weighted by Crippen LogP contribution is 2.30. The van der Waals surface area contributed by atoms with Crippen molar-refractivity contribution in [3.63, 3.8) is 0 Å². The van der Waals surface area contributed by atoms with Gasteiger partial charge in [-0.15, -0.1) is 0 Å². The first-order valence-corrected chi connectivity index (χ1v) is 9.44. The number of rotatable bonds is 6. The number of amides is 2. The fourth-order valence-corrected chi connectivity index (χ4v) is 3.77. The van der Waals surface area contributed by atoms with E-state index >= 15 is 0 Å². The first kappa shape index (κ1) is 19.9. The molecule has 0 spiro atoms. The summed E-state index contributed by atoms with van der Waals surface area (Å²) in [6.07, 6.45) is 0. The van der Waals surface area contributed by atoms with E-state index in [1.807, 2.05) is 36.4 Å². The minimum Gasteiger partial charge on any atom is -0.497 e. The van der Waals surface area contributed by atoms with Crippen LogP contribution < -0.4 is 15.4 Å². The fraction of sp³-hybridized carbons (Fsp3) is 0.364. The van der Waals surface area contributed by atoms with Gasteiger partial charge in [-0.1, -0.05) is 24.3 Å². The highest BCUT2D eigenvalue weighted by Gasteiger charge is 2.34. The number of nitrogens with one attached hydrogen (secondary N) is 2. The summed E-state index contributed by atoms with van der Waals surface area (Å²) in [5.41, 5.74) is 3.17. The number of hydrogen-bond donors (Lipinski definition) is 2. The van der Waals surface area contributed by atoms with E-state index in [9.17, 15) is 9.59 Å². The smallest absolute Gasteiger partial charge is 0.221 e. The van der Waals surface area contributed by atoms with Gasteiger partial charge < -0.3 is 15.4 Å². The van der Waals surface area contributed by atoms with E-state index in [2.05, 4.69) is 27.7 Å². The molecule has 0 bridgehead atoms. The van der Waals surface area contributed by atoms with Crippen LogP contribution in [0.1, 0.15) is 30.9 Å². The third-order valence-corrected chi connectivity index (χ3v) is 5.01. The monoisotopic (exact) mass is 381 g/mol. The molecule has 1 aliphatic heterocycles. The van der Waals surface area contributed by atoms with Crippen LogP contribution >= 0.6 is 0 Å². The molecule has 2 N–H and O–H groups in total. The average molecular weight is 381 g/mol. The summed E-state index contributed by atoms with van der Waals surface area (Å²) in [5, 5.41) is 5.89. The second kappa shape index (κ2) is 8.89. The van der Waals surface area contributed by atoms with Crippen molar-refractivity contribution in [3.05, 3.63) is 59.7 Å². The first-order valence-electron chi connectivity index (χ1n) is 9.44. The van der Waals surface area contributed by atoms with Crippen LogP contribution in [0, 0.1) is 0 Å². The van der Waals surface area contributed by atoms with Gasteiger partial charge in [0.05, 0.1) is 7.11 Å². The van der Waals surface area contributed by atoms with Gasteiger partial charge >= 0.3 is 0 Å². The molecule has 148 valence electrons. The summed E-state index contributed by atoms with van der Waals surface area (Å²) in [7, 11) is 1.66. The van der Waals surface area contributed by atoms with E-state index in [0.717, 1.165) is 31.1 Å². The second-order valence-corrected chi connectivity index (χ2v) is 7.26. The van der Waals surface area contributed by atoms with Crippen molar-refractivity contribution in [1.29, 1.82) is 0 Å². The highest BCUT2D eigenvalue weighted by molar-refractivity contribution is 5.88. The van der Waals surface area contributed by atoms with Crippen molar-refractivity contribution in [2.24, 2.45) is 0 Å². The van der Waals surface area contributed by atoms with Gasteiger partial charge in [0, 0.05) is 51.1 Å². The molecule has 2 amide bonds. The summed E-state index contributed by atoms with van der Waals surface area (Å²) in [4.78, 5) is 25.2. The molecular weight excluding hydrogens is 354 g/mol. The third kappa shape index (κ3) is 5.10. The maximum Gasteiger partial charge on any atom is 0.221 e. The van der Waals surface area contributed by atoms with Crippen molar-refractivity contribution < 1.29 is 14.3 Å². The molecule has 0 radical (unpaired) electrons. The van der Waals surface area contributed by atoms with Crippen LogP contribution in [0.4, 0.5) is 5.69 Å². The van der Waals surface area contributed by atoms with E-state index in [1.165, 1.54) is 18.1 Å². The minimum absolute atomic E-state index is 0.00924. The number of carbonyl (C=O) groups excluding carboxylic acids is 2. The zero-order valence-electron chi connectivity index (χ0n) is 16.6. The summed E-state index contributed by atoms with van der Waals surface area (Å²) in [6, 6.07) is 16.0. The average Bonchev–Trinajstić information content (AvgIpc) is 3.04. The van der Waals surface area contributed by atoms with E-state index in [-0.39, 0.29) is 23.8 Å². The summed E-state index contributed by atoms with van der Waals surface area (Å²) >= 11 is 0. The first-order chi connectivity index (χ1) is 13.4. The van der Waals surface area contributed by atoms with E-state index < -0.39 is 0 Å². The molecule has 2 atom stereocenters. The SMILES string of the molecule is COc1ccc(C2CN(Cc3ccc(NC(C)=O)cc3)CC2NC(C)=O)cc1. The molecule has 1 aliphatic rings. The largest absolute Gasteiger partial charge is 0.497 e. The van der Waals surface area contributed by atoms with Gasteiger partial charge in [-0.3, -0.25) is 14.5 Å². The molecule has 1 heterocycles. The number of carbonyl (C=O) groups is 2. The molecule has 0 aromatic heterocycles. The zero-order chi connectivity index (χ0) is 20.1. The maximum atomic E-state index is 11.7. The van der Waals surface area contributed by atoms with Crippen molar-refractivity contribution in [1.82, 2.24) is 10.2 Å². The lowest BCUT2D eigenvalue weighted by Gasteiger charge is -2.19. The minimum atomic E-state index is -0.0761. The molecule has 0 aliphatic carbocycles. The number of ether oxygens (including phenoxy) is 1. The molecule has 3 rings (SSSR count). The zero-order valence-corrected chi connectivity index (χ0v) is 16.6. The van der Waals surface area contributed by atoms with Crippen LogP contribution in [-0.4, -0.2) is 43.0 Å². The Balaban J connectivity index is 1.70. The van der Waals surface area contributed by atoms with Crippen molar-refractivity contribution >= 4 is 17.5 Å². The summed E-state index contributed by atoms with van der Waals surface area (Å²) in [5.74, 6) is 0.972. The summed E-state index contributed by atoms with van der Waals surface area (Å²) < 4.78 is 5.25. The van der Waals surface area contributed by atoms with E-state index in [0.29, 0.717) is 0 Å². The number of methoxy groups -OCH3 is 1. The molecule has 2 aromatic carbocycles. The van der Waals surface area contributed by atoms with Gasteiger partial charge in [0.25, 0.3) is 0 Å². The quantitative estimate of drug-likeness (QED) is 0.807. The van der Waals surface area contributed by atoms with Crippen LogP contribution in [0.15, 0.2) is 48.5 Å². The molecule has 28 heavy (non-hydrogen) atoms. The molecular formula is C22H27N3O3. The van der Waals surface area contributed by atoms with Crippen LogP contribution in [0.5, 0.6) is 5.75 Å². The Bertz CT molecular complexity index is 818. The molecule has 6 heteroatoms.